The molecule has 0 aliphatic heterocycles. The Kier molecular flexibility index (Phi) is 2.52. The molecule has 0 spiro atoms. The Morgan fingerprint density at radius 3 is 2.44 bits per heavy atom. The van der Waals surface area contributed by atoms with Gasteiger partial charge in [0, 0.05) is 11.5 Å². The van der Waals surface area contributed by atoms with Crippen LogP contribution < -0.4 is 0 Å². The fourth-order valence-electron chi connectivity index (χ4n) is 1.78. The van der Waals surface area contributed by atoms with Crippen molar-refractivity contribution in [3.05, 3.63) is 34.9 Å². The van der Waals surface area contributed by atoms with Crippen molar-refractivity contribution in [2.45, 2.75) is 25.9 Å². The average molecular weight is 228 g/mol. The van der Waals surface area contributed by atoms with Gasteiger partial charge in [0.1, 0.15) is 0 Å². The zero-order valence-corrected chi connectivity index (χ0v) is 8.77. The summed E-state index contributed by atoms with van der Waals surface area (Å²) < 4.78 is 37.8. The van der Waals surface area contributed by atoms with Crippen molar-refractivity contribution in [2.75, 3.05) is 0 Å². The van der Waals surface area contributed by atoms with E-state index in [0.29, 0.717) is 0 Å². The minimum absolute atomic E-state index is 0.0481. The van der Waals surface area contributed by atoms with Crippen LogP contribution in [0.5, 0.6) is 0 Å². The van der Waals surface area contributed by atoms with E-state index in [-0.39, 0.29) is 22.8 Å². The quantitative estimate of drug-likeness (QED) is 0.707. The molecule has 0 saturated heterocycles. The van der Waals surface area contributed by atoms with Crippen molar-refractivity contribution in [3.63, 3.8) is 0 Å². The average Bonchev–Trinajstić information content (AvgIpc) is 2.98. The molecule has 0 bridgehead atoms. The topological polar surface area (TPSA) is 17.1 Å². The van der Waals surface area contributed by atoms with Crippen LogP contribution in [0.2, 0.25) is 0 Å². The first-order valence-corrected chi connectivity index (χ1v) is 5.12. The van der Waals surface area contributed by atoms with Crippen molar-refractivity contribution in [1.82, 2.24) is 0 Å². The highest BCUT2D eigenvalue weighted by molar-refractivity contribution is 6.00. The molecule has 4 heteroatoms. The second-order valence-corrected chi connectivity index (χ2v) is 4.11. The third kappa shape index (κ3) is 1.96. The van der Waals surface area contributed by atoms with Crippen LogP contribution in [0, 0.1) is 12.8 Å². The molecule has 0 heterocycles. The number of Topliss-reactive ketones (excluding diaryl/α,β-unsaturated/α-hetero) is 1. The Labute approximate surface area is 91.3 Å². The van der Waals surface area contributed by atoms with Gasteiger partial charge in [-0.1, -0.05) is 12.1 Å². The molecule has 0 aromatic heterocycles. The van der Waals surface area contributed by atoms with Crippen LogP contribution in [0.25, 0.3) is 0 Å². The Balaban J connectivity index is 2.44. The third-order valence-corrected chi connectivity index (χ3v) is 2.85. The third-order valence-electron chi connectivity index (χ3n) is 2.85. The summed E-state index contributed by atoms with van der Waals surface area (Å²) in [7, 11) is 0. The zero-order valence-electron chi connectivity index (χ0n) is 8.77. The fourth-order valence-corrected chi connectivity index (χ4v) is 1.78. The van der Waals surface area contributed by atoms with Gasteiger partial charge in [0.05, 0.1) is 5.56 Å². The molecule has 1 fully saturated rings. The fraction of sp³-hybridized carbons (Fsp3) is 0.417. The predicted octanol–water partition coefficient (Wildman–Crippen LogP) is 3.61. The summed E-state index contributed by atoms with van der Waals surface area (Å²) in [6, 6.07) is 3.79. The molecule has 1 aliphatic carbocycles. The van der Waals surface area contributed by atoms with E-state index < -0.39 is 11.7 Å². The molecule has 1 saturated carbocycles. The van der Waals surface area contributed by atoms with E-state index in [1.165, 1.54) is 19.1 Å². The molecule has 2 rings (SSSR count). The molecule has 1 nitrogen and oxygen atoms in total. The summed E-state index contributed by atoms with van der Waals surface area (Å²) >= 11 is 0. The number of rotatable bonds is 2. The van der Waals surface area contributed by atoms with Crippen LogP contribution in [0.3, 0.4) is 0 Å². The smallest absolute Gasteiger partial charge is 0.294 e. The number of carbonyl (C=O) groups is 1. The molecule has 0 atom stereocenters. The van der Waals surface area contributed by atoms with E-state index in [4.69, 9.17) is 0 Å². The van der Waals surface area contributed by atoms with Crippen molar-refractivity contribution in [1.29, 1.82) is 0 Å². The number of carbonyl (C=O) groups excluding carboxylic acids is 1. The van der Waals surface area contributed by atoms with Crippen molar-refractivity contribution in [2.24, 2.45) is 5.92 Å². The Morgan fingerprint density at radius 2 is 1.94 bits per heavy atom. The van der Waals surface area contributed by atoms with Crippen molar-refractivity contribution < 1.29 is 18.0 Å². The van der Waals surface area contributed by atoms with Gasteiger partial charge in [-0.3, -0.25) is 4.79 Å². The summed E-state index contributed by atoms with van der Waals surface area (Å²) in [5, 5.41) is 0. The molecule has 0 unspecified atom stereocenters. The first kappa shape index (κ1) is 11.2. The number of hydrogen-bond acceptors (Lipinski definition) is 1. The highest BCUT2D eigenvalue weighted by atomic mass is 19.4. The number of halogens is 3. The van der Waals surface area contributed by atoms with Gasteiger partial charge in [0.25, 0.3) is 0 Å². The standard InChI is InChI=1S/C12H11F3O/c1-7-9(11(16)8-5-6-8)3-2-4-10(7)12(13,14)15/h2-4,8H,5-6H2,1H3. The van der Waals surface area contributed by atoms with E-state index >= 15 is 0 Å². The maximum atomic E-state index is 12.6. The lowest BCUT2D eigenvalue weighted by Gasteiger charge is -2.12. The largest absolute Gasteiger partial charge is 0.416 e. The first-order chi connectivity index (χ1) is 7.41. The lowest BCUT2D eigenvalue weighted by Crippen LogP contribution is -2.12. The molecule has 1 aromatic rings. The molecule has 0 radical (unpaired) electrons. The predicted molar refractivity (Wildman–Crippen MR) is 53.2 cm³/mol. The number of benzene rings is 1. The van der Waals surface area contributed by atoms with Gasteiger partial charge in [0.15, 0.2) is 5.78 Å². The lowest BCUT2D eigenvalue weighted by molar-refractivity contribution is -0.138. The Morgan fingerprint density at radius 1 is 1.31 bits per heavy atom. The molecular weight excluding hydrogens is 217 g/mol. The van der Waals surface area contributed by atoms with Crippen molar-refractivity contribution >= 4 is 5.78 Å². The van der Waals surface area contributed by atoms with E-state index in [1.807, 2.05) is 0 Å². The summed E-state index contributed by atoms with van der Waals surface area (Å²) in [5.74, 6) is -0.203. The minimum Gasteiger partial charge on any atom is -0.294 e. The molecule has 1 aliphatic rings. The normalized spacial score (nSPS) is 16.2. The Bertz CT molecular complexity index is 430. The number of hydrogen-bond donors (Lipinski definition) is 0. The second-order valence-electron chi connectivity index (χ2n) is 4.11. The van der Waals surface area contributed by atoms with Crippen LogP contribution in [0.15, 0.2) is 18.2 Å². The number of alkyl halides is 3. The van der Waals surface area contributed by atoms with Gasteiger partial charge in [-0.25, -0.2) is 0 Å². The highest BCUT2D eigenvalue weighted by Gasteiger charge is 2.36. The summed E-state index contributed by atoms with van der Waals surface area (Å²) in [5.41, 5.74) is -0.441. The van der Waals surface area contributed by atoms with Gasteiger partial charge in [0.2, 0.25) is 0 Å². The SMILES string of the molecule is Cc1c(C(=O)C2CC2)cccc1C(F)(F)F. The van der Waals surface area contributed by atoms with E-state index in [2.05, 4.69) is 0 Å². The van der Waals surface area contributed by atoms with Crippen LogP contribution >= 0.6 is 0 Å². The maximum Gasteiger partial charge on any atom is 0.416 e. The van der Waals surface area contributed by atoms with E-state index in [0.717, 1.165) is 18.9 Å². The molecule has 86 valence electrons. The summed E-state index contributed by atoms with van der Waals surface area (Å²) in [6.45, 7) is 1.36. The van der Waals surface area contributed by atoms with E-state index in [1.54, 1.807) is 0 Å². The lowest BCUT2D eigenvalue weighted by atomic mass is 9.97. The van der Waals surface area contributed by atoms with Crippen LogP contribution in [0.1, 0.15) is 34.3 Å². The zero-order chi connectivity index (χ0) is 11.9. The van der Waals surface area contributed by atoms with Crippen LogP contribution in [0.4, 0.5) is 13.2 Å². The molecule has 0 N–H and O–H groups in total. The first-order valence-electron chi connectivity index (χ1n) is 5.12. The maximum absolute atomic E-state index is 12.6. The van der Waals surface area contributed by atoms with Crippen molar-refractivity contribution in [3.8, 4) is 0 Å². The molecular formula is C12H11F3O. The van der Waals surface area contributed by atoms with Crippen LogP contribution in [-0.4, -0.2) is 5.78 Å². The summed E-state index contributed by atoms with van der Waals surface area (Å²) in [4.78, 5) is 11.7. The molecule has 1 aromatic carbocycles. The second kappa shape index (κ2) is 3.61. The van der Waals surface area contributed by atoms with Gasteiger partial charge < -0.3 is 0 Å². The van der Waals surface area contributed by atoms with Gasteiger partial charge in [-0.05, 0) is 31.4 Å². The van der Waals surface area contributed by atoms with Crippen LogP contribution in [-0.2, 0) is 6.18 Å². The minimum atomic E-state index is -4.38. The van der Waals surface area contributed by atoms with Gasteiger partial charge >= 0.3 is 6.18 Å². The highest BCUT2D eigenvalue weighted by Crippen LogP contribution is 2.37. The van der Waals surface area contributed by atoms with Gasteiger partial charge in [-0.2, -0.15) is 13.2 Å². The summed E-state index contributed by atoms with van der Waals surface area (Å²) in [6.07, 6.45) is -2.78. The monoisotopic (exact) mass is 228 g/mol. The number of ketones is 1. The van der Waals surface area contributed by atoms with E-state index in [9.17, 15) is 18.0 Å². The Hall–Kier alpha value is -1.32. The molecule has 0 amide bonds. The van der Waals surface area contributed by atoms with Gasteiger partial charge in [-0.15, -0.1) is 0 Å². The molecule has 16 heavy (non-hydrogen) atoms.